The Labute approximate surface area is 96.0 Å². The standard InChI is InChI=1S/C13H14ClN/c1-4-11(8-15)13(14)12-6-9(2)5-10(3)7-12/h5-7H,4H2,1-3H3. The smallest absolute Gasteiger partial charge is 0.0962 e. The van der Waals surface area contributed by atoms with Crippen LogP contribution in [0.2, 0.25) is 0 Å². The third kappa shape index (κ3) is 2.84. The van der Waals surface area contributed by atoms with Gasteiger partial charge in [0.15, 0.2) is 0 Å². The molecule has 0 aromatic heterocycles. The fourth-order valence-corrected chi connectivity index (χ4v) is 1.84. The summed E-state index contributed by atoms with van der Waals surface area (Å²) < 4.78 is 0. The van der Waals surface area contributed by atoms with E-state index in [1.54, 1.807) is 0 Å². The number of halogens is 1. The third-order valence-corrected chi connectivity index (χ3v) is 2.67. The molecule has 78 valence electrons. The predicted molar refractivity (Wildman–Crippen MR) is 64.6 cm³/mol. The largest absolute Gasteiger partial charge is 0.193 e. The highest BCUT2D eigenvalue weighted by Gasteiger charge is 2.05. The van der Waals surface area contributed by atoms with E-state index in [9.17, 15) is 0 Å². The molecule has 1 nitrogen and oxygen atoms in total. The minimum absolute atomic E-state index is 0.576. The molecule has 0 fully saturated rings. The summed E-state index contributed by atoms with van der Waals surface area (Å²) in [5.74, 6) is 0. The zero-order valence-electron chi connectivity index (χ0n) is 9.26. The summed E-state index contributed by atoms with van der Waals surface area (Å²) in [5, 5.41) is 9.48. The average molecular weight is 220 g/mol. The van der Waals surface area contributed by atoms with Gasteiger partial charge in [0.25, 0.3) is 0 Å². The number of allylic oxidation sites excluding steroid dienone is 1. The van der Waals surface area contributed by atoms with Crippen LogP contribution in [0.5, 0.6) is 0 Å². The summed E-state index contributed by atoms with van der Waals surface area (Å²) in [7, 11) is 0. The van der Waals surface area contributed by atoms with E-state index < -0.39 is 0 Å². The van der Waals surface area contributed by atoms with Gasteiger partial charge < -0.3 is 0 Å². The van der Waals surface area contributed by atoms with Gasteiger partial charge in [-0.25, -0.2) is 0 Å². The van der Waals surface area contributed by atoms with E-state index in [0.29, 0.717) is 17.0 Å². The molecule has 1 rings (SSSR count). The van der Waals surface area contributed by atoms with Crippen LogP contribution in [0.25, 0.3) is 5.03 Å². The number of aryl methyl sites for hydroxylation is 2. The van der Waals surface area contributed by atoms with Crippen molar-refractivity contribution in [2.45, 2.75) is 27.2 Å². The number of nitrogens with zero attached hydrogens (tertiary/aromatic N) is 1. The molecule has 0 unspecified atom stereocenters. The quantitative estimate of drug-likeness (QED) is 0.685. The molecule has 0 N–H and O–H groups in total. The molecule has 15 heavy (non-hydrogen) atoms. The van der Waals surface area contributed by atoms with Crippen molar-refractivity contribution in [1.29, 1.82) is 5.26 Å². The van der Waals surface area contributed by atoms with Crippen LogP contribution in [0.3, 0.4) is 0 Å². The molecule has 2 heteroatoms. The number of hydrogen-bond acceptors (Lipinski definition) is 1. The molecular weight excluding hydrogens is 206 g/mol. The summed E-state index contributed by atoms with van der Waals surface area (Å²) in [4.78, 5) is 0. The Balaban J connectivity index is 3.28. The molecule has 0 aliphatic carbocycles. The first-order valence-corrected chi connectivity index (χ1v) is 5.33. The number of nitriles is 1. The molecule has 0 atom stereocenters. The Hall–Kier alpha value is -1.26. The van der Waals surface area contributed by atoms with Gasteiger partial charge in [0.2, 0.25) is 0 Å². The number of rotatable bonds is 2. The monoisotopic (exact) mass is 219 g/mol. The summed E-state index contributed by atoms with van der Waals surface area (Å²) >= 11 is 6.17. The molecule has 0 radical (unpaired) electrons. The predicted octanol–water partition coefficient (Wildman–Crippen LogP) is 4.19. The maximum absolute atomic E-state index is 8.90. The van der Waals surface area contributed by atoms with Crippen molar-refractivity contribution in [3.05, 3.63) is 40.5 Å². The van der Waals surface area contributed by atoms with Gasteiger partial charge in [-0.2, -0.15) is 5.26 Å². The van der Waals surface area contributed by atoms with Crippen LogP contribution in [0.4, 0.5) is 0 Å². The van der Waals surface area contributed by atoms with Gasteiger partial charge in [0, 0.05) is 5.57 Å². The van der Waals surface area contributed by atoms with E-state index in [-0.39, 0.29) is 0 Å². The molecule has 1 aromatic rings. The first kappa shape index (κ1) is 11.8. The topological polar surface area (TPSA) is 23.8 Å². The summed E-state index contributed by atoms with van der Waals surface area (Å²) in [6.45, 7) is 5.99. The van der Waals surface area contributed by atoms with Crippen molar-refractivity contribution in [3.63, 3.8) is 0 Å². The fourth-order valence-electron chi connectivity index (χ4n) is 1.56. The third-order valence-electron chi connectivity index (χ3n) is 2.23. The van der Waals surface area contributed by atoms with E-state index in [2.05, 4.69) is 12.1 Å². The van der Waals surface area contributed by atoms with E-state index in [1.807, 2.05) is 32.9 Å². The van der Waals surface area contributed by atoms with Crippen molar-refractivity contribution in [3.8, 4) is 6.07 Å². The Bertz CT molecular complexity index is 418. The van der Waals surface area contributed by atoms with Gasteiger partial charge in [-0.3, -0.25) is 0 Å². The van der Waals surface area contributed by atoms with E-state index in [4.69, 9.17) is 16.9 Å². The van der Waals surface area contributed by atoms with Crippen molar-refractivity contribution < 1.29 is 0 Å². The van der Waals surface area contributed by atoms with Crippen LogP contribution >= 0.6 is 11.6 Å². The molecule has 0 saturated heterocycles. The van der Waals surface area contributed by atoms with Gasteiger partial charge in [-0.05, 0) is 25.8 Å². The Kier molecular flexibility index (Phi) is 3.94. The lowest BCUT2D eigenvalue weighted by atomic mass is 10.0. The molecule has 0 aliphatic rings. The van der Waals surface area contributed by atoms with Gasteiger partial charge in [0.05, 0.1) is 11.1 Å². The Morgan fingerprint density at radius 2 is 1.80 bits per heavy atom. The zero-order valence-corrected chi connectivity index (χ0v) is 10.0. The SMILES string of the molecule is CCC(C#N)=C(Cl)c1cc(C)cc(C)c1. The molecule has 0 aliphatic heterocycles. The molecule has 0 spiro atoms. The lowest BCUT2D eigenvalue weighted by Gasteiger charge is -2.05. The molecule has 0 heterocycles. The molecule has 0 bridgehead atoms. The van der Waals surface area contributed by atoms with Crippen molar-refractivity contribution >= 4 is 16.6 Å². The Morgan fingerprint density at radius 3 is 2.20 bits per heavy atom. The normalized spacial score (nSPS) is 11.9. The van der Waals surface area contributed by atoms with E-state index in [1.165, 1.54) is 0 Å². The van der Waals surface area contributed by atoms with Crippen molar-refractivity contribution in [2.75, 3.05) is 0 Å². The van der Waals surface area contributed by atoms with Gasteiger partial charge >= 0.3 is 0 Å². The van der Waals surface area contributed by atoms with E-state index in [0.717, 1.165) is 16.7 Å². The Morgan fingerprint density at radius 1 is 1.27 bits per heavy atom. The highest BCUT2D eigenvalue weighted by atomic mass is 35.5. The second kappa shape index (κ2) is 5.00. The number of hydrogen-bond donors (Lipinski definition) is 0. The maximum Gasteiger partial charge on any atom is 0.0962 e. The van der Waals surface area contributed by atoms with Crippen LogP contribution in [0.1, 0.15) is 30.0 Å². The first-order chi connectivity index (χ1) is 7.08. The summed E-state index contributed by atoms with van der Waals surface area (Å²) in [6.07, 6.45) is 0.669. The van der Waals surface area contributed by atoms with E-state index >= 15 is 0 Å². The van der Waals surface area contributed by atoms with Crippen molar-refractivity contribution in [2.24, 2.45) is 0 Å². The number of benzene rings is 1. The second-order valence-electron chi connectivity index (χ2n) is 3.63. The van der Waals surface area contributed by atoms with Gasteiger partial charge in [-0.1, -0.05) is 47.9 Å². The summed E-state index contributed by atoms with van der Waals surface area (Å²) in [6, 6.07) is 8.23. The lowest BCUT2D eigenvalue weighted by Crippen LogP contribution is -1.87. The van der Waals surface area contributed by atoms with Crippen LogP contribution in [0.15, 0.2) is 23.8 Å². The minimum atomic E-state index is 0.576. The highest BCUT2D eigenvalue weighted by Crippen LogP contribution is 2.26. The zero-order chi connectivity index (χ0) is 11.4. The highest BCUT2D eigenvalue weighted by molar-refractivity contribution is 6.49. The molecule has 0 amide bonds. The van der Waals surface area contributed by atoms with Crippen LogP contribution < -0.4 is 0 Å². The average Bonchev–Trinajstić information content (AvgIpc) is 2.18. The van der Waals surface area contributed by atoms with Gasteiger partial charge in [-0.15, -0.1) is 0 Å². The maximum atomic E-state index is 8.90. The minimum Gasteiger partial charge on any atom is -0.193 e. The lowest BCUT2D eigenvalue weighted by molar-refractivity contribution is 1.16. The van der Waals surface area contributed by atoms with Crippen molar-refractivity contribution in [1.82, 2.24) is 0 Å². The molecule has 1 aromatic carbocycles. The van der Waals surface area contributed by atoms with Crippen LogP contribution in [-0.4, -0.2) is 0 Å². The molecule has 0 saturated carbocycles. The van der Waals surface area contributed by atoms with Gasteiger partial charge in [0.1, 0.15) is 0 Å². The first-order valence-electron chi connectivity index (χ1n) is 4.96. The second-order valence-corrected chi connectivity index (χ2v) is 4.01. The molecular formula is C13H14ClN. The van der Waals surface area contributed by atoms with Crippen LogP contribution in [-0.2, 0) is 0 Å². The van der Waals surface area contributed by atoms with Crippen LogP contribution in [0, 0.1) is 25.2 Å². The summed E-state index contributed by atoms with van der Waals surface area (Å²) in [5.41, 5.74) is 3.90. The fraction of sp³-hybridized carbons (Fsp3) is 0.308.